The molecule has 0 amide bonds. The lowest BCUT2D eigenvalue weighted by Gasteiger charge is -2.21. The van der Waals surface area contributed by atoms with Crippen LogP contribution in [0.15, 0.2) is 126 Å². The van der Waals surface area contributed by atoms with Crippen LogP contribution in [0.4, 0.5) is 0 Å². The first-order valence-electron chi connectivity index (χ1n) is 14.2. The Balaban J connectivity index is 1.20. The van der Waals surface area contributed by atoms with Crippen molar-refractivity contribution in [3.05, 3.63) is 132 Å². The molecule has 9 rings (SSSR count). The van der Waals surface area contributed by atoms with Gasteiger partial charge in [0.1, 0.15) is 11.2 Å². The summed E-state index contributed by atoms with van der Waals surface area (Å²) in [6.45, 7) is 4.74. The molecule has 8 aromatic rings. The molecule has 1 aliphatic rings. The van der Waals surface area contributed by atoms with Crippen molar-refractivity contribution in [1.82, 2.24) is 0 Å². The summed E-state index contributed by atoms with van der Waals surface area (Å²) in [6, 6.07) is 44.4. The highest BCUT2D eigenvalue weighted by Crippen LogP contribution is 2.54. The van der Waals surface area contributed by atoms with Crippen LogP contribution in [-0.2, 0) is 5.41 Å². The molecule has 0 spiro atoms. The van der Waals surface area contributed by atoms with E-state index in [9.17, 15) is 0 Å². The number of furan rings is 1. The molecule has 0 aliphatic heterocycles. The van der Waals surface area contributed by atoms with Crippen molar-refractivity contribution in [2.45, 2.75) is 19.3 Å². The smallest absolute Gasteiger partial charge is 0.135 e. The molecule has 6 aromatic carbocycles. The fourth-order valence-corrected chi connectivity index (χ4v) is 8.25. The highest BCUT2D eigenvalue weighted by molar-refractivity contribution is 7.26. The normalized spacial score (nSPS) is 13.8. The molecule has 0 unspecified atom stereocenters. The van der Waals surface area contributed by atoms with Gasteiger partial charge in [0.15, 0.2) is 0 Å². The topological polar surface area (TPSA) is 13.1 Å². The van der Waals surface area contributed by atoms with Crippen LogP contribution in [-0.4, -0.2) is 0 Å². The van der Waals surface area contributed by atoms with Crippen LogP contribution in [0, 0.1) is 0 Å². The van der Waals surface area contributed by atoms with E-state index in [1.54, 1.807) is 0 Å². The first kappa shape index (κ1) is 23.1. The zero-order chi connectivity index (χ0) is 27.3. The second-order valence-electron chi connectivity index (χ2n) is 11.7. The minimum absolute atomic E-state index is 0.0296. The van der Waals surface area contributed by atoms with E-state index in [4.69, 9.17) is 4.42 Å². The molecule has 2 aromatic heterocycles. The maximum atomic E-state index is 6.08. The van der Waals surface area contributed by atoms with E-state index in [2.05, 4.69) is 123 Å². The summed E-state index contributed by atoms with van der Waals surface area (Å²) in [7, 11) is 0. The molecule has 2 heterocycles. The molecular weight excluding hydrogens is 516 g/mol. The summed E-state index contributed by atoms with van der Waals surface area (Å²) in [5, 5.41) is 5.04. The van der Waals surface area contributed by atoms with E-state index in [1.165, 1.54) is 64.7 Å². The van der Waals surface area contributed by atoms with Gasteiger partial charge in [0.2, 0.25) is 0 Å². The number of benzene rings is 6. The lowest BCUT2D eigenvalue weighted by molar-refractivity contribution is 0.661. The Morgan fingerprint density at radius 1 is 0.512 bits per heavy atom. The van der Waals surface area contributed by atoms with Crippen LogP contribution in [0.1, 0.15) is 25.0 Å². The molecule has 0 N–H and O–H groups in total. The Morgan fingerprint density at radius 3 is 2.07 bits per heavy atom. The number of rotatable bonds is 2. The number of para-hydroxylation sites is 1. The summed E-state index contributed by atoms with van der Waals surface area (Å²) in [6.07, 6.45) is 0. The molecule has 0 radical (unpaired) electrons. The van der Waals surface area contributed by atoms with Crippen molar-refractivity contribution in [1.29, 1.82) is 0 Å². The highest BCUT2D eigenvalue weighted by Gasteiger charge is 2.37. The molecule has 0 saturated heterocycles. The van der Waals surface area contributed by atoms with Crippen molar-refractivity contribution >= 4 is 53.4 Å². The van der Waals surface area contributed by atoms with Crippen molar-refractivity contribution in [2.75, 3.05) is 0 Å². The third kappa shape index (κ3) is 3.23. The largest absolute Gasteiger partial charge is 0.456 e. The van der Waals surface area contributed by atoms with Gasteiger partial charge in [-0.15, -0.1) is 11.3 Å². The van der Waals surface area contributed by atoms with Gasteiger partial charge in [-0.05, 0) is 75.3 Å². The molecule has 41 heavy (non-hydrogen) atoms. The zero-order valence-corrected chi connectivity index (χ0v) is 23.7. The van der Waals surface area contributed by atoms with Crippen LogP contribution >= 0.6 is 11.3 Å². The van der Waals surface area contributed by atoms with E-state index >= 15 is 0 Å². The van der Waals surface area contributed by atoms with Crippen LogP contribution < -0.4 is 0 Å². The number of fused-ring (bicyclic) bond motifs is 10. The van der Waals surface area contributed by atoms with Crippen LogP contribution in [0.25, 0.3) is 75.5 Å². The molecule has 0 saturated carbocycles. The Morgan fingerprint density at radius 2 is 1.20 bits per heavy atom. The van der Waals surface area contributed by atoms with Crippen LogP contribution in [0.5, 0.6) is 0 Å². The highest BCUT2D eigenvalue weighted by atomic mass is 32.1. The summed E-state index contributed by atoms with van der Waals surface area (Å²) >= 11 is 1.93. The molecule has 1 aliphatic carbocycles. The SMILES string of the molecule is CC1(C)c2ccc(-c3cccc(-c4ccc5oc6ccccc6c5c4)c3)cc2-c2c1ccc1c2sc2ccccc21. The van der Waals surface area contributed by atoms with E-state index in [0.29, 0.717) is 0 Å². The van der Waals surface area contributed by atoms with Gasteiger partial charge in [-0.3, -0.25) is 0 Å². The molecule has 0 atom stereocenters. The molecular formula is C39H26OS. The summed E-state index contributed by atoms with van der Waals surface area (Å²) in [5.74, 6) is 0. The van der Waals surface area contributed by atoms with Gasteiger partial charge < -0.3 is 4.42 Å². The maximum absolute atomic E-state index is 6.08. The third-order valence-corrected chi connectivity index (χ3v) is 10.3. The summed E-state index contributed by atoms with van der Waals surface area (Å²) in [4.78, 5) is 0. The minimum Gasteiger partial charge on any atom is -0.456 e. The van der Waals surface area contributed by atoms with Crippen molar-refractivity contribution in [2.24, 2.45) is 0 Å². The average molecular weight is 543 g/mol. The summed E-state index contributed by atoms with van der Waals surface area (Å²) in [5.41, 5.74) is 12.4. The zero-order valence-electron chi connectivity index (χ0n) is 22.9. The Labute approximate surface area is 242 Å². The molecule has 0 bridgehead atoms. The maximum Gasteiger partial charge on any atom is 0.135 e. The second-order valence-corrected chi connectivity index (χ2v) is 12.8. The lowest BCUT2D eigenvalue weighted by atomic mass is 9.82. The quantitative estimate of drug-likeness (QED) is 0.212. The Bertz CT molecular complexity index is 2350. The molecule has 0 fully saturated rings. The van der Waals surface area contributed by atoms with E-state index in [-0.39, 0.29) is 5.41 Å². The van der Waals surface area contributed by atoms with E-state index in [1.807, 2.05) is 23.5 Å². The van der Waals surface area contributed by atoms with Gasteiger partial charge in [-0.1, -0.05) is 98.8 Å². The minimum atomic E-state index is -0.0296. The van der Waals surface area contributed by atoms with Crippen molar-refractivity contribution in [3.63, 3.8) is 0 Å². The Kier molecular flexibility index (Phi) is 4.61. The van der Waals surface area contributed by atoms with Crippen LogP contribution in [0.3, 0.4) is 0 Å². The average Bonchev–Trinajstić information content (AvgIpc) is 3.64. The van der Waals surface area contributed by atoms with E-state index < -0.39 is 0 Å². The number of hydrogen-bond donors (Lipinski definition) is 0. The Hall–Kier alpha value is -4.66. The predicted octanol–water partition coefficient (Wildman–Crippen LogP) is 11.6. The predicted molar refractivity (Wildman–Crippen MR) is 175 cm³/mol. The number of thiophene rings is 1. The molecule has 1 nitrogen and oxygen atoms in total. The first-order chi connectivity index (χ1) is 20.1. The third-order valence-electron chi connectivity index (χ3n) is 9.09. The van der Waals surface area contributed by atoms with Crippen LogP contribution in [0.2, 0.25) is 0 Å². The van der Waals surface area contributed by atoms with Gasteiger partial charge in [0.25, 0.3) is 0 Å². The van der Waals surface area contributed by atoms with Gasteiger partial charge in [0, 0.05) is 41.9 Å². The monoisotopic (exact) mass is 542 g/mol. The second kappa shape index (κ2) is 8.19. The van der Waals surface area contributed by atoms with Crippen molar-refractivity contribution in [3.8, 4) is 33.4 Å². The number of hydrogen-bond acceptors (Lipinski definition) is 2. The lowest BCUT2D eigenvalue weighted by Crippen LogP contribution is -2.14. The van der Waals surface area contributed by atoms with Gasteiger partial charge in [-0.2, -0.15) is 0 Å². The van der Waals surface area contributed by atoms with Crippen molar-refractivity contribution < 1.29 is 4.42 Å². The van der Waals surface area contributed by atoms with Gasteiger partial charge >= 0.3 is 0 Å². The van der Waals surface area contributed by atoms with Gasteiger partial charge in [-0.25, -0.2) is 0 Å². The standard InChI is InChI=1S/C39H26OS/c1-39(2)32-17-14-25(22-31(32)37-33(39)18-16-29-28-11-4-6-13-36(28)41-38(29)37)23-8-7-9-24(20-23)26-15-19-35-30(21-26)27-10-3-5-12-34(27)40-35/h3-22H,1-2H3. The fraction of sp³-hybridized carbons (Fsp3) is 0.0769. The fourth-order valence-electron chi connectivity index (χ4n) is 6.98. The van der Waals surface area contributed by atoms with Gasteiger partial charge in [0.05, 0.1) is 0 Å². The molecule has 2 heteroatoms. The molecule has 194 valence electrons. The first-order valence-corrected chi connectivity index (χ1v) is 15.0. The van der Waals surface area contributed by atoms with E-state index in [0.717, 1.165) is 21.9 Å². The summed E-state index contributed by atoms with van der Waals surface area (Å²) < 4.78 is 8.83.